The van der Waals surface area contributed by atoms with Gasteiger partial charge in [0.1, 0.15) is 11.8 Å². The lowest BCUT2D eigenvalue weighted by molar-refractivity contribution is -0.127. The first-order chi connectivity index (χ1) is 14.0. The van der Waals surface area contributed by atoms with Crippen molar-refractivity contribution in [1.29, 1.82) is 0 Å². The minimum Gasteiger partial charge on any atom is -0.494 e. The van der Waals surface area contributed by atoms with Crippen LogP contribution in [-0.4, -0.2) is 23.4 Å². The predicted octanol–water partition coefficient (Wildman–Crippen LogP) is 4.54. The Hall–Kier alpha value is -2.93. The molecule has 0 bridgehead atoms. The smallest absolute Gasteiger partial charge is 0.253 e. The molecule has 0 aliphatic rings. The number of aromatic nitrogens is 1. The quantitative estimate of drug-likeness (QED) is 0.570. The van der Waals surface area contributed by atoms with E-state index in [2.05, 4.69) is 15.6 Å². The lowest BCUT2D eigenvalue weighted by Crippen LogP contribution is -2.37. The summed E-state index contributed by atoms with van der Waals surface area (Å²) in [4.78, 5) is 29.8. The highest BCUT2D eigenvalue weighted by molar-refractivity contribution is 7.22. The molecular weight excluding hydrogens is 386 g/mol. The number of amides is 2. The van der Waals surface area contributed by atoms with Crippen LogP contribution < -0.4 is 15.4 Å². The highest BCUT2D eigenvalue weighted by Gasteiger charge is 2.24. The number of hydrogen-bond donors (Lipinski definition) is 2. The Morgan fingerprint density at radius 1 is 1.14 bits per heavy atom. The molecule has 0 saturated heterocycles. The van der Waals surface area contributed by atoms with Crippen molar-refractivity contribution in [3.8, 4) is 5.75 Å². The fourth-order valence-corrected chi connectivity index (χ4v) is 3.83. The number of nitrogens with zero attached hydrogens (tertiary/aromatic N) is 1. The molecule has 0 saturated carbocycles. The average molecular weight is 412 g/mol. The van der Waals surface area contributed by atoms with Crippen molar-refractivity contribution < 1.29 is 14.3 Å². The van der Waals surface area contributed by atoms with Crippen LogP contribution in [0, 0.1) is 5.92 Å². The van der Waals surface area contributed by atoms with Crippen molar-refractivity contribution in [3.63, 3.8) is 0 Å². The molecule has 2 N–H and O–H groups in total. The van der Waals surface area contributed by atoms with Crippen LogP contribution in [0.5, 0.6) is 5.75 Å². The summed E-state index contributed by atoms with van der Waals surface area (Å²) in [5.74, 6) is 0.495. The normalized spacial score (nSPS) is 12.0. The molecule has 0 aliphatic heterocycles. The van der Waals surface area contributed by atoms with Gasteiger partial charge in [0.15, 0.2) is 5.13 Å². The van der Waals surface area contributed by atoms with E-state index in [1.54, 1.807) is 0 Å². The van der Waals surface area contributed by atoms with Crippen LogP contribution in [0.4, 0.5) is 5.13 Å². The highest BCUT2D eigenvalue weighted by Crippen LogP contribution is 2.30. The van der Waals surface area contributed by atoms with E-state index in [1.807, 2.05) is 69.3 Å². The lowest BCUT2D eigenvalue weighted by atomic mass is 10.0. The van der Waals surface area contributed by atoms with Gasteiger partial charge in [0.05, 0.1) is 16.8 Å². The van der Waals surface area contributed by atoms with E-state index in [1.165, 1.54) is 11.3 Å². The van der Waals surface area contributed by atoms with Crippen LogP contribution >= 0.6 is 11.3 Å². The topological polar surface area (TPSA) is 80.3 Å². The largest absolute Gasteiger partial charge is 0.494 e. The Morgan fingerprint density at radius 2 is 1.90 bits per heavy atom. The molecule has 29 heavy (non-hydrogen) atoms. The van der Waals surface area contributed by atoms with Crippen LogP contribution in [0.1, 0.15) is 38.8 Å². The number of rotatable bonds is 8. The SMILES string of the molecule is CCOc1ccc2nc(NC(=O)C(NC(=O)CC(C)C)c3ccccc3)sc2c1. The summed E-state index contributed by atoms with van der Waals surface area (Å²) in [6.07, 6.45) is 0.359. The van der Waals surface area contributed by atoms with Crippen molar-refractivity contribution >= 4 is 38.5 Å². The minimum absolute atomic E-state index is 0.158. The third-order valence-corrected chi connectivity index (χ3v) is 5.13. The van der Waals surface area contributed by atoms with Gasteiger partial charge in [-0.05, 0) is 36.6 Å². The van der Waals surface area contributed by atoms with Gasteiger partial charge in [0.2, 0.25) is 5.91 Å². The van der Waals surface area contributed by atoms with Gasteiger partial charge >= 0.3 is 0 Å². The second-order valence-corrected chi connectivity index (χ2v) is 8.11. The Balaban J connectivity index is 1.80. The molecule has 1 aromatic heterocycles. The maximum Gasteiger partial charge on any atom is 0.253 e. The molecule has 2 amide bonds. The van der Waals surface area contributed by atoms with Crippen molar-refractivity contribution in [2.75, 3.05) is 11.9 Å². The monoisotopic (exact) mass is 411 g/mol. The van der Waals surface area contributed by atoms with Gasteiger partial charge in [0, 0.05) is 6.42 Å². The molecule has 0 fully saturated rings. The predicted molar refractivity (Wildman–Crippen MR) is 116 cm³/mol. The number of ether oxygens (including phenoxy) is 1. The van der Waals surface area contributed by atoms with Crippen LogP contribution in [0.25, 0.3) is 10.2 Å². The van der Waals surface area contributed by atoms with Crippen molar-refractivity contribution in [3.05, 3.63) is 54.1 Å². The first-order valence-electron chi connectivity index (χ1n) is 9.64. The standard InChI is InChI=1S/C22H25N3O3S/c1-4-28-16-10-11-17-18(13-16)29-22(23-17)25-21(27)20(15-8-6-5-7-9-15)24-19(26)12-14(2)3/h5-11,13-14,20H,4,12H2,1-3H3,(H,24,26)(H,23,25,27). The molecule has 0 radical (unpaired) electrons. The third-order valence-electron chi connectivity index (χ3n) is 4.20. The van der Waals surface area contributed by atoms with Crippen molar-refractivity contribution in [1.82, 2.24) is 10.3 Å². The summed E-state index contributed by atoms with van der Waals surface area (Å²) in [6, 6.07) is 14.1. The summed E-state index contributed by atoms with van der Waals surface area (Å²) in [5.41, 5.74) is 1.51. The molecule has 0 aliphatic carbocycles. The Morgan fingerprint density at radius 3 is 2.59 bits per heavy atom. The number of benzene rings is 2. The zero-order chi connectivity index (χ0) is 20.8. The molecule has 3 aromatic rings. The lowest BCUT2D eigenvalue weighted by Gasteiger charge is -2.18. The summed E-state index contributed by atoms with van der Waals surface area (Å²) in [6.45, 7) is 6.45. The van der Waals surface area contributed by atoms with E-state index in [4.69, 9.17) is 4.74 Å². The average Bonchev–Trinajstić information content (AvgIpc) is 3.08. The second-order valence-electron chi connectivity index (χ2n) is 7.08. The van der Waals surface area contributed by atoms with Crippen LogP contribution in [0.15, 0.2) is 48.5 Å². The van der Waals surface area contributed by atoms with Gasteiger partial charge in [-0.15, -0.1) is 0 Å². The van der Waals surface area contributed by atoms with Crippen LogP contribution in [0.2, 0.25) is 0 Å². The molecule has 2 aromatic carbocycles. The maximum absolute atomic E-state index is 13.0. The molecular formula is C22H25N3O3S. The van der Waals surface area contributed by atoms with E-state index in [-0.39, 0.29) is 17.7 Å². The van der Waals surface area contributed by atoms with Crippen LogP contribution in [-0.2, 0) is 9.59 Å². The van der Waals surface area contributed by atoms with E-state index < -0.39 is 6.04 Å². The van der Waals surface area contributed by atoms with Gasteiger partial charge < -0.3 is 10.1 Å². The molecule has 1 heterocycles. The summed E-state index contributed by atoms with van der Waals surface area (Å²) < 4.78 is 6.44. The van der Waals surface area contributed by atoms with Crippen LogP contribution in [0.3, 0.4) is 0 Å². The zero-order valence-corrected chi connectivity index (χ0v) is 17.6. The van der Waals surface area contributed by atoms with Gasteiger partial charge in [-0.25, -0.2) is 4.98 Å². The number of nitrogens with one attached hydrogen (secondary N) is 2. The van der Waals surface area contributed by atoms with E-state index in [0.29, 0.717) is 18.2 Å². The number of hydrogen-bond acceptors (Lipinski definition) is 5. The second kappa shape index (κ2) is 9.52. The minimum atomic E-state index is -0.784. The molecule has 3 rings (SSSR count). The maximum atomic E-state index is 13.0. The van der Waals surface area contributed by atoms with Gasteiger partial charge in [-0.2, -0.15) is 0 Å². The number of carbonyl (C=O) groups is 2. The Kier molecular flexibility index (Phi) is 6.82. The first kappa shape index (κ1) is 20.8. The Labute approximate surface area is 174 Å². The molecule has 7 heteroatoms. The number of carbonyl (C=O) groups excluding carboxylic acids is 2. The molecule has 0 spiro atoms. The third kappa shape index (κ3) is 5.54. The molecule has 152 valence electrons. The van der Waals surface area contributed by atoms with E-state index in [0.717, 1.165) is 21.5 Å². The molecule has 6 nitrogen and oxygen atoms in total. The molecule has 1 atom stereocenters. The van der Waals surface area contributed by atoms with E-state index >= 15 is 0 Å². The summed E-state index contributed by atoms with van der Waals surface area (Å²) in [7, 11) is 0. The zero-order valence-electron chi connectivity index (χ0n) is 16.8. The highest BCUT2D eigenvalue weighted by atomic mass is 32.1. The van der Waals surface area contributed by atoms with Gasteiger partial charge in [-0.3, -0.25) is 14.9 Å². The summed E-state index contributed by atoms with van der Waals surface area (Å²) >= 11 is 1.37. The van der Waals surface area contributed by atoms with E-state index in [9.17, 15) is 9.59 Å². The first-order valence-corrected chi connectivity index (χ1v) is 10.5. The fraction of sp³-hybridized carbons (Fsp3) is 0.318. The number of thiazole rings is 1. The van der Waals surface area contributed by atoms with Gasteiger partial charge in [-0.1, -0.05) is 55.5 Å². The van der Waals surface area contributed by atoms with Crippen molar-refractivity contribution in [2.45, 2.75) is 33.2 Å². The summed E-state index contributed by atoms with van der Waals surface area (Å²) in [5, 5.41) is 6.19. The van der Waals surface area contributed by atoms with Crippen molar-refractivity contribution in [2.24, 2.45) is 5.92 Å². The van der Waals surface area contributed by atoms with Gasteiger partial charge in [0.25, 0.3) is 5.91 Å². The fourth-order valence-electron chi connectivity index (χ4n) is 2.93. The molecule has 1 unspecified atom stereocenters. The number of anilines is 1. The Bertz CT molecular complexity index is 985. The number of fused-ring (bicyclic) bond motifs is 1.